The van der Waals surface area contributed by atoms with Crippen LogP contribution in [0, 0.1) is 0 Å². The van der Waals surface area contributed by atoms with Gasteiger partial charge in [-0.2, -0.15) is 0 Å². The number of fused-ring (bicyclic) bond motifs is 1. The molecule has 1 aromatic rings. The van der Waals surface area contributed by atoms with E-state index < -0.39 is 129 Å². The normalized spacial score (nSPS) is 32.0. The van der Waals surface area contributed by atoms with Crippen LogP contribution >= 0.6 is 0 Å². The van der Waals surface area contributed by atoms with Crippen molar-refractivity contribution in [2.75, 3.05) is 13.2 Å². The Kier molecular flexibility index (Phi) is 13.5. The minimum atomic E-state index is -2.84. The number of hydrogen-bond donors (Lipinski definition) is 0. The van der Waals surface area contributed by atoms with Gasteiger partial charge >= 0.3 is 17.9 Å². The maximum atomic E-state index is 14.3. The zero-order chi connectivity index (χ0) is 45.7. The fourth-order valence-electron chi connectivity index (χ4n) is 7.84. The van der Waals surface area contributed by atoms with Gasteiger partial charge in [-0.05, 0) is 45.8 Å². The highest BCUT2D eigenvalue weighted by molar-refractivity contribution is 6.74. The summed E-state index contributed by atoms with van der Waals surface area (Å²) in [6, 6.07) is 5.87. The fraction of sp³-hybridized carbons (Fsp3) is 0.605. The molecule has 0 bridgehead atoms. The van der Waals surface area contributed by atoms with Crippen LogP contribution in [0.4, 0.5) is 0 Å². The number of carbonyl (C=O) groups is 7. The van der Waals surface area contributed by atoms with Crippen LogP contribution < -0.4 is 0 Å². The molecule has 5 heterocycles. The second-order valence-electron chi connectivity index (χ2n) is 17.6. The molecule has 0 spiro atoms. The highest BCUT2D eigenvalue weighted by Crippen LogP contribution is 2.45. The van der Waals surface area contributed by atoms with Gasteiger partial charge in [-0.1, -0.05) is 51.1 Å². The Labute approximate surface area is 361 Å². The summed E-state index contributed by atoms with van der Waals surface area (Å²) in [5.41, 5.74) is 1.14. The predicted octanol–water partition coefficient (Wildman–Crippen LogP) is 3.53. The minimum Gasteiger partial charge on any atom is -0.463 e. The van der Waals surface area contributed by atoms with Crippen LogP contribution in [0.15, 0.2) is 52.6 Å². The molecule has 18 nitrogen and oxygen atoms in total. The van der Waals surface area contributed by atoms with Gasteiger partial charge in [0.05, 0.1) is 6.61 Å². The quantitative estimate of drug-likeness (QED) is 0.135. The van der Waals surface area contributed by atoms with Crippen LogP contribution in [-0.2, 0) is 75.9 Å². The molecule has 0 aromatic heterocycles. The molecule has 19 heteroatoms. The van der Waals surface area contributed by atoms with Crippen LogP contribution in [0.25, 0.3) is 0 Å². The summed E-state index contributed by atoms with van der Waals surface area (Å²) in [5.74, 6) is -5.32. The first kappa shape index (κ1) is 46.9. The summed E-state index contributed by atoms with van der Waals surface area (Å²) in [5, 5.41) is -0.404. The lowest BCUT2D eigenvalue weighted by Gasteiger charge is -2.55. The molecule has 1 unspecified atom stereocenters. The summed E-state index contributed by atoms with van der Waals surface area (Å²) in [6.45, 7) is 18.6. The molecule has 5 aliphatic rings. The summed E-state index contributed by atoms with van der Waals surface area (Å²) in [4.78, 5) is 96.5. The molecule has 0 N–H and O–H groups in total. The second kappa shape index (κ2) is 17.9. The maximum Gasteiger partial charge on any atom is 0.303 e. The Morgan fingerprint density at radius 3 is 1.68 bits per heavy atom. The van der Waals surface area contributed by atoms with Crippen molar-refractivity contribution in [3.05, 3.63) is 58.2 Å². The largest absolute Gasteiger partial charge is 0.463 e. The minimum absolute atomic E-state index is 0.0770. The molecular weight excluding hydrogens is 829 g/mol. The van der Waals surface area contributed by atoms with Crippen molar-refractivity contribution in [3.63, 3.8) is 0 Å². The van der Waals surface area contributed by atoms with Gasteiger partial charge in [-0.3, -0.25) is 43.4 Å². The molecular formula is C43H56N2O16Si. The van der Waals surface area contributed by atoms with Gasteiger partial charge in [0.25, 0.3) is 23.6 Å². The number of esters is 3. The standard InChI is InChI=1S/C43H56N2O16Si/c1-20-21(2)37(50)44(36(20)49)30-34(56-26(7)48)32(55-25(6)47)28(18-53-24(5)46)57-41(30)60-35-31(45-38(51)22(3)23(4)39(45)52)42(61-62(11,12)43(8,9)10)58-29-19-54-40(59-33(29)35)27-16-14-13-15-17-27/h13-17,28-35,40-42H,18-19H2,1-12H3/t28-,29-,30-,31-,32-,33-,34-,35-,40?,41+,42+/m1/s1. The predicted molar refractivity (Wildman–Crippen MR) is 216 cm³/mol. The summed E-state index contributed by atoms with van der Waals surface area (Å²) in [7, 11) is -2.84. The van der Waals surface area contributed by atoms with Gasteiger partial charge in [0, 0.05) is 48.6 Å². The molecule has 11 atom stereocenters. The number of carbonyl (C=O) groups excluding carboxylic acids is 7. The van der Waals surface area contributed by atoms with E-state index >= 15 is 0 Å². The lowest BCUT2D eigenvalue weighted by Crippen LogP contribution is -2.73. The van der Waals surface area contributed by atoms with Crippen molar-refractivity contribution in [3.8, 4) is 0 Å². The number of hydrogen-bond acceptors (Lipinski definition) is 16. The molecule has 62 heavy (non-hydrogen) atoms. The van der Waals surface area contributed by atoms with Gasteiger partial charge in [-0.15, -0.1) is 0 Å². The van der Waals surface area contributed by atoms with E-state index in [1.165, 1.54) is 27.7 Å². The number of ether oxygens (including phenoxy) is 8. The van der Waals surface area contributed by atoms with Gasteiger partial charge in [0.15, 0.2) is 39.4 Å². The lowest BCUT2D eigenvalue weighted by molar-refractivity contribution is -0.372. The zero-order valence-electron chi connectivity index (χ0n) is 37.1. The number of nitrogens with zero attached hydrogens (tertiary/aromatic N) is 2. The molecule has 4 amide bonds. The summed E-state index contributed by atoms with van der Waals surface area (Å²) in [6.07, 6.45) is -12.5. The Hall–Kier alpha value is -4.63. The smallest absolute Gasteiger partial charge is 0.303 e. The molecule has 0 radical (unpaired) electrons. The average Bonchev–Trinajstić information content (AvgIpc) is 3.50. The van der Waals surface area contributed by atoms with Crippen molar-refractivity contribution >= 4 is 49.9 Å². The maximum absolute atomic E-state index is 14.3. The van der Waals surface area contributed by atoms with Gasteiger partial charge in [0.2, 0.25) is 0 Å². The van der Waals surface area contributed by atoms with E-state index in [2.05, 4.69) is 0 Å². The van der Waals surface area contributed by atoms with Crippen molar-refractivity contribution in [2.45, 2.75) is 155 Å². The Morgan fingerprint density at radius 1 is 0.694 bits per heavy atom. The second-order valence-corrected chi connectivity index (χ2v) is 22.4. The van der Waals surface area contributed by atoms with Crippen LogP contribution in [0.5, 0.6) is 0 Å². The average molecular weight is 885 g/mol. The molecule has 6 rings (SSSR count). The van der Waals surface area contributed by atoms with Crippen LogP contribution in [0.3, 0.4) is 0 Å². The van der Waals surface area contributed by atoms with Crippen molar-refractivity contribution in [2.24, 2.45) is 0 Å². The Bertz CT molecular complexity index is 2010. The van der Waals surface area contributed by atoms with Crippen LogP contribution in [-0.4, -0.2) is 134 Å². The highest BCUT2D eigenvalue weighted by atomic mass is 28.4. The van der Waals surface area contributed by atoms with Crippen LogP contribution in [0.1, 0.15) is 81.1 Å². The molecule has 0 aliphatic carbocycles. The fourth-order valence-corrected chi connectivity index (χ4v) is 8.97. The molecule has 5 aliphatic heterocycles. The molecule has 0 saturated carbocycles. The topological polar surface area (TPSA) is 209 Å². The number of rotatable bonds is 11. The molecule has 1 aromatic carbocycles. The Morgan fingerprint density at radius 2 is 1.19 bits per heavy atom. The van der Waals surface area contributed by atoms with Crippen molar-refractivity contribution in [1.29, 1.82) is 0 Å². The molecule has 3 saturated heterocycles. The zero-order valence-corrected chi connectivity index (χ0v) is 38.1. The van der Waals surface area contributed by atoms with E-state index in [0.717, 1.165) is 30.6 Å². The van der Waals surface area contributed by atoms with Gasteiger partial charge in [-0.25, -0.2) is 0 Å². The first-order chi connectivity index (χ1) is 28.9. The number of benzene rings is 1. The lowest BCUT2D eigenvalue weighted by atomic mass is 9.92. The number of imide groups is 2. The first-order valence-corrected chi connectivity index (χ1v) is 23.4. The SMILES string of the molecule is CC(=O)OC[C@H]1O[C@@H](O[C@H]2[C@@H]3OC(c4ccccc4)OC[C@H]3O[C@@H](O[Si](C)(C)C(C)(C)C)[C@@H]2N2C(=O)C(C)=C(C)C2=O)[C@H](N2C(=O)C(C)=C(C)C2=O)[C@@H](OC(C)=O)[C@@H]1OC(C)=O. The van der Waals surface area contributed by atoms with E-state index in [4.69, 9.17) is 42.3 Å². The third-order valence-corrected chi connectivity index (χ3v) is 16.9. The summed E-state index contributed by atoms with van der Waals surface area (Å²) >= 11 is 0. The Balaban J connectivity index is 1.57. The van der Waals surface area contributed by atoms with Crippen molar-refractivity contribution in [1.82, 2.24) is 9.80 Å². The van der Waals surface area contributed by atoms with Crippen molar-refractivity contribution < 1.29 is 75.9 Å². The van der Waals surface area contributed by atoms with E-state index in [0.29, 0.717) is 5.56 Å². The van der Waals surface area contributed by atoms with E-state index in [-0.39, 0.29) is 28.9 Å². The molecule has 3 fully saturated rings. The third-order valence-electron chi connectivity index (χ3n) is 12.4. The van der Waals surface area contributed by atoms with Crippen LogP contribution in [0.2, 0.25) is 18.1 Å². The summed E-state index contributed by atoms with van der Waals surface area (Å²) < 4.78 is 57.0. The molecule has 338 valence electrons. The first-order valence-electron chi connectivity index (χ1n) is 20.5. The monoisotopic (exact) mass is 884 g/mol. The van der Waals surface area contributed by atoms with Gasteiger partial charge in [0.1, 0.15) is 43.1 Å². The van der Waals surface area contributed by atoms with Gasteiger partial charge < -0.3 is 42.3 Å². The van der Waals surface area contributed by atoms with E-state index in [1.807, 2.05) is 39.9 Å². The number of amides is 4. The highest BCUT2D eigenvalue weighted by Gasteiger charge is 2.62. The van der Waals surface area contributed by atoms with E-state index in [9.17, 15) is 33.6 Å². The van der Waals surface area contributed by atoms with E-state index in [1.54, 1.807) is 24.3 Å². The third kappa shape index (κ3) is 8.93.